The Morgan fingerprint density at radius 1 is 1.05 bits per heavy atom. The predicted molar refractivity (Wildman–Crippen MR) is 142 cm³/mol. The number of amides is 2. The second kappa shape index (κ2) is 11.5. The molecule has 222 valence electrons. The summed E-state index contributed by atoms with van der Waals surface area (Å²) in [6, 6.07) is 7.51. The van der Waals surface area contributed by atoms with Crippen molar-refractivity contribution < 1.29 is 31.5 Å². The van der Waals surface area contributed by atoms with Crippen molar-refractivity contribution in [2.45, 2.75) is 52.4 Å². The first kappa shape index (κ1) is 30.6. The summed E-state index contributed by atoms with van der Waals surface area (Å²) in [7, 11) is 0. The average Bonchev–Trinajstić information content (AvgIpc) is 3.52. The molecule has 16 heteroatoms. The molecule has 0 radical (unpaired) electrons. The van der Waals surface area contributed by atoms with Gasteiger partial charge in [-0.05, 0) is 63.1 Å². The number of alkyl halides is 5. The van der Waals surface area contributed by atoms with Gasteiger partial charge in [-0.3, -0.25) is 9.59 Å². The quantitative estimate of drug-likeness (QED) is 0.264. The molecule has 0 saturated carbocycles. The van der Waals surface area contributed by atoms with Crippen molar-refractivity contribution in [3.8, 4) is 5.82 Å². The molecular weight excluding hydrogens is 587 g/mol. The van der Waals surface area contributed by atoms with E-state index in [0.717, 1.165) is 10.2 Å². The Hall–Kier alpha value is -4.40. The number of rotatable bonds is 8. The van der Waals surface area contributed by atoms with Gasteiger partial charge in [0.25, 0.3) is 11.8 Å². The van der Waals surface area contributed by atoms with Crippen molar-refractivity contribution in [1.82, 2.24) is 35.1 Å². The Morgan fingerprint density at radius 3 is 2.40 bits per heavy atom. The Balaban J connectivity index is 1.73. The third kappa shape index (κ3) is 6.25. The first-order chi connectivity index (χ1) is 19.6. The molecule has 0 atom stereocenters. The van der Waals surface area contributed by atoms with Crippen molar-refractivity contribution in [2.24, 2.45) is 0 Å². The summed E-state index contributed by atoms with van der Waals surface area (Å²) < 4.78 is 66.8. The average molecular weight is 611 g/mol. The number of pyridine rings is 1. The monoisotopic (exact) mass is 610 g/mol. The smallest absolute Gasteiger partial charge is 0.350 e. The van der Waals surface area contributed by atoms with Crippen molar-refractivity contribution in [3.05, 3.63) is 81.5 Å². The van der Waals surface area contributed by atoms with Gasteiger partial charge in [-0.15, -0.1) is 0 Å². The number of nitrogens with zero attached hydrogens (tertiary/aromatic N) is 6. The second-order valence-electron chi connectivity index (χ2n) is 9.66. The van der Waals surface area contributed by atoms with Crippen LogP contribution < -0.4 is 10.6 Å². The third-order valence-corrected chi connectivity index (χ3v) is 6.13. The molecule has 0 aliphatic rings. The van der Waals surface area contributed by atoms with E-state index in [2.05, 4.69) is 30.9 Å². The molecule has 0 saturated heterocycles. The van der Waals surface area contributed by atoms with E-state index in [1.54, 1.807) is 45.9 Å². The summed E-state index contributed by atoms with van der Waals surface area (Å²) in [4.78, 5) is 31.3. The maximum Gasteiger partial charge on any atom is 0.459 e. The molecule has 0 bridgehead atoms. The molecule has 0 aliphatic carbocycles. The van der Waals surface area contributed by atoms with Crippen LogP contribution in [0.15, 0.2) is 42.7 Å². The van der Waals surface area contributed by atoms with Gasteiger partial charge in [0.15, 0.2) is 11.5 Å². The Labute approximate surface area is 240 Å². The first-order valence-corrected chi connectivity index (χ1v) is 12.7. The largest absolute Gasteiger partial charge is 0.459 e. The van der Waals surface area contributed by atoms with E-state index < -0.39 is 36.2 Å². The van der Waals surface area contributed by atoms with Crippen LogP contribution in [0.2, 0.25) is 5.02 Å². The van der Waals surface area contributed by atoms with Gasteiger partial charge in [0, 0.05) is 12.2 Å². The van der Waals surface area contributed by atoms with Crippen LogP contribution in [0.25, 0.3) is 5.82 Å². The van der Waals surface area contributed by atoms with Crippen LogP contribution in [0.4, 0.5) is 27.6 Å². The molecule has 0 fully saturated rings. The fourth-order valence-electron chi connectivity index (χ4n) is 4.00. The lowest BCUT2D eigenvalue weighted by molar-refractivity contribution is -0.291. The molecule has 0 spiro atoms. The Morgan fingerprint density at radius 2 is 1.76 bits per heavy atom. The van der Waals surface area contributed by atoms with E-state index in [4.69, 9.17) is 11.6 Å². The van der Waals surface area contributed by atoms with Gasteiger partial charge in [-0.2, -0.15) is 42.0 Å². The van der Waals surface area contributed by atoms with Crippen molar-refractivity contribution in [1.29, 1.82) is 0 Å². The van der Waals surface area contributed by atoms with Crippen molar-refractivity contribution >= 4 is 29.1 Å². The standard InChI is InChI=1S/C26H24ClF5N8O2/c1-13(2)35-23(41)17-9-14(3)8-15(4)21(17)36-24(42)19-10-16(37-40(19)22-18(27)6-5-7-33-22)12-39-34-11-20(38-39)25(28,29)26(30,31)32/h5-11,13H,12H2,1-4H3,(H,35,41)(H,36,42). The molecule has 10 nitrogen and oxygen atoms in total. The van der Waals surface area contributed by atoms with Crippen LogP contribution in [0.1, 0.15) is 57.2 Å². The number of aromatic nitrogens is 6. The minimum Gasteiger partial charge on any atom is -0.350 e. The van der Waals surface area contributed by atoms with Gasteiger partial charge in [0.1, 0.15) is 12.2 Å². The zero-order valence-electron chi connectivity index (χ0n) is 22.6. The molecule has 2 amide bonds. The van der Waals surface area contributed by atoms with Crippen LogP contribution in [-0.4, -0.2) is 53.8 Å². The molecule has 42 heavy (non-hydrogen) atoms. The second-order valence-corrected chi connectivity index (χ2v) is 10.1. The van der Waals surface area contributed by atoms with E-state index in [1.165, 1.54) is 18.3 Å². The highest BCUT2D eigenvalue weighted by Crippen LogP contribution is 2.42. The van der Waals surface area contributed by atoms with Crippen LogP contribution in [0.5, 0.6) is 0 Å². The van der Waals surface area contributed by atoms with E-state index in [-0.39, 0.29) is 39.5 Å². The summed E-state index contributed by atoms with van der Waals surface area (Å²) in [5.41, 5.74) is 0.120. The predicted octanol–water partition coefficient (Wildman–Crippen LogP) is 5.22. The zero-order chi connectivity index (χ0) is 31.0. The SMILES string of the molecule is Cc1cc(C)c(NC(=O)c2cc(Cn3ncc(C(F)(F)C(F)(F)F)n3)nn2-c2ncccc2Cl)c(C(=O)NC(C)C)c1. The normalized spacial score (nSPS) is 12.1. The molecular formula is C26H24ClF5N8O2. The van der Waals surface area contributed by atoms with Crippen LogP contribution in [-0.2, 0) is 12.5 Å². The summed E-state index contributed by atoms with van der Waals surface area (Å²) in [6.07, 6.45) is -4.17. The highest BCUT2D eigenvalue weighted by Gasteiger charge is 2.60. The summed E-state index contributed by atoms with van der Waals surface area (Å²) in [5.74, 6) is -6.33. The number of benzene rings is 1. The number of hydrogen-bond acceptors (Lipinski definition) is 6. The molecule has 1 aromatic carbocycles. The highest BCUT2D eigenvalue weighted by atomic mass is 35.5. The molecule has 4 rings (SSSR count). The molecule has 2 N–H and O–H groups in total. The van der Waals surface area contributed by atoms with Crippen molar-refractivity contribution in [3.63, 3.8) is 0 Å². The van der Waals surface area contributed by atoms with E-state index in [0.29, 0.717) is 16.6 Å². The van der Waals surface area contributed by atoms with Gasteiger partial charge in [0.05, 0.1) is 28.2 Å². The first-order valence-electron chi connectivity index (χ1n) is 12.4. The van der Waals surface area contributed by atoms with Crippen LogP contribution >= 0.6 is 11.6 Å². The number of carbonyl (C=O) groups is 2. The molecule has 0 aliphatic heterocycles. The van der Waals surface area contributed by atoms with E-state index in [9.17, 15) is 31.5 Å². The number of halogens is 6. The van der Waals surface area contributed by atoms with Gasteiger partial charge in [-0.25, -0.2) is 9.67 Å². The topological polar surface area (TPSA) is 120 Å². The summed E-state index contributed by atoms with van der Waals surface area (Å²) >= 11 is 6.29. The van der Waals surface area contributed by atoms with Crippen LogP contribution in [0, 0.1) is 13.8 Å². The molecule has 4 aromatic rings. The fraction of sp³-hybridized carbons (Fsp3) is 0.308. The maximum absolute atomic E-state index is 13.7. The van der Waals surface area contributed by atoms with E-state index in [1.807, 2.05) is 0 Å². The number of hydrogen-bond donors (Lipinski definition) is 2. The molecule has 3 aromatic heterocycles. The van der Waals surface area contributed by atoms with Gasteiger partial charge in [-0.1, -0.05) is 17.7 Å². The number of carbonyl (C=O) groups excluding carboxylic acids is 2. The molecule has 0 unspecified atom stereocenters. The summed E-state index contributed by atoms with van der Waals surface area (Å²) in [6.45, 7) is 6.62. The Bertz CT molecular complexity index is 1650. The minimum absolute atomic E-state index is 0.0118. The third-order valence-electron chi connectivity index (χ3n) is 5.83. The van der Waals surface area contributed by atoms with Gasteiger partial charge < -0.3 is 10.6 Å². The van der Waals surface area contributed by atoms with Crippen molar-refractivity contribution in [2.75, 3.05) is 5.32 Å². The Kier molecular flexibility index (Phi) is 8.34. The molecule has 3 heterocycles. The number of anilines is 1. The number of aryl methyl sites for hydroxylation is 2. The van der Waals surface area contributed by atoms with Gasteiger partial charge in [0.2, 0.25) is 0 Å². The lowest BCUT2D eigenvalue weighted by atomic mass is 10.0. The maximum atomic E-state index is 13.7. The summed E-state index contributed by atoms with van der Waals surface area (Å²) in [5, 5.41) is 16.7. The fourth-order valence-corrected chi connectivity index (χ4v) is 4.20. The minimum atomic E-state index is -5.87. The number of nitrogens with one attached hydrogen (secondary N) is 2. The van der Waals surface area contributed by atoms with Crippen LogP contribution in [0.3, 0.4) is 0 Å². The lowest BCUT2D eigenvalue weighted by Gasteiger charge is -2.17. The van der Waals surface area contributed by atoms with E-state index >= 15 is 0 Å². The zero-order valence-corrected chi connectivity index (χ0v) is 23.3. The highest BCUT2D eigenvalue weighted by molar-refractivity contribution is 6.32. The lowest BCUT2D eigenvalue weighted by Crippen LogP contribution is -2.34. The van der Waals surface area contributed by atoms with Gasteiger partial charge >= 0.3 is 12.1 Å².